The number of halogens is 1. The molecule has 2 aromatic carbocycles. The summed E-state index contributed by atoms with van der Waals surface area (Å²) in [6.45, 7) is 1.19. The van der Waals surface area contributed by atoms with Gasteiger partial charge < -0.3 is 9.80 Å². The maximum absolute atomic E-state index is 12.8. The quantitative estimate of drug-likeness (QED) is 0.745. The molecule has 0 saturated carbocycles. The van der Waals surface area contributed by atoms with Crippen molar-refractivity contribution >= 4 is 35.1 Å². The van der Waals surface area contributed by atoms with Crippen LogP contribution in [0.3, 0.4) is 0 Å². The Labute approximate surface area is 168 Å². The number of amides is 4. The van der Waals surface area contributed by atoms with Crippen LogP contribution in [0.25, 0.3) is 0 Å². The first-order valence-corrected chi connectivity index (χ1v) is 9.66. The highest BCUT2D eigenvalue weighted by Crippen LogP contribution is 2.26. The van der Waals surface area contributed by atoms with Crippen LogP contribution in [0, 0.1) is 0 Å². The number of benzene rings is 2. The van der Waals surface area contributed by atoms with Crippen LogP contribution in [-0.4, -0.2) is 53.3 Å². The zero-order chi connectivity index (χ0) is 19.7. The van der Waals surface area contributed by atoms with Gasteiger partial charge >= 0.3 is 6.03 Å². The molecule has 0 N–H and O–H groups in total. The molecular weight excluding hydrogens is 378 g/mol. The van der Waals surface area contributed by atoms with Gasteiger partial charge in [0.1, 0.15) is 6.54 Å². The fourth-order valence-corrected chi connectivity index (χ4v) is 3.92. The fourth-order valence-electron chi connectivity index (χ4n) is 3.79. The highest BCUT2D eigenvalue weighted by atomic mass is 35.5. The van der Waals surface area contributed by atoms with E-state index < -0.39 is 0 Å². The number of carbonyl (C=O) groups excluding carboxylic acids is 3. The molecule has 0 aromatic heterocycles. The predicted octanol–water partition coefficient (Wildman–Crippen LogP) is 3.41. The van der Waals surface area contributed by atoms with E-state index in [4.69, 9.17) is 11.6 Å². The van der Waals surface area contributed by atoms with Crippen molar-refractivity contribution in [3.63, 3.8) is 0 Å². The Balaban J connectivity index is 1.40. The van der Waals surface area contributed by atoms with Gasteiger partial charge in [-0.15, -0.1) is 0 Å². The van der Waals surface area contributed by atoms with Gasteiger partial charge in [-0.25, -0.2) is 9.69 Å². The van der Waals surface area contributed by atoms with Gasteiger partial charge in [0.15, 0.2) is 0 Å². The maximum atomic E-state index is 12.8. The van der Waals surface area contributed by atoms with Crippen LogP contribution in [0.2, 0.25) is 5.02 Å². The Morgan fingerprint density at radius 3 is 2.21 bits per heavy atom. The minimum atomic E-state index is -0.279. The number of hydrogen-bond donors (Lipinski definition) is 0. The second-order valence-electron chi connectivity index (χ2n) is 7.01. The van der Waals surface area contributed by atoms with Crippen LogP contribution in [0.5, 0.6) is 0 Å². The van der Waals surface area contributed by atoms with Gasteiger partial charge in [0.25, 0.3) is 11.8 Å². The molecule has 2 aliphatic heterocycles. The normalized spacial score (nSPS) is 18.1. The molecule has 0 atom stereocenters. The van der Waals surface area contributed by atoms with E-state index in [0.717, 1.165) is 0 Å². The zero-order valence-electron chi connectivity index (χ0n) is 15.3. The largest absolute Gasteiger partial charge is 0.338 e. The van der Waals surface area contributed by atoms with Crippen LogP contribution >= 0.6 is 11.6 Å². The number of imide groups is 1. The molecule has 2 fully saturated rings. The van der Waals surface area contributed by atoms with E-state index in [1.807, 2.05) is 6.07 Å². The molecule has 0 spiro atoms. The molecule has 6 nitrogen and oxygen atoms in total. The average molecular weight is 398 g/mol. The Morgan fingerprint density at radius 1 is 0.929 bits per heavy atom. The number of carbonyl (C=O) groups is 3. The standard InChI is InChI=1S/C21H20ClN3O3/c22-16-8-6-15(7-9-16)20(27)23-12-10-17(11-13-23)24-14-19(26)25(21(24)28)18-4-2-1-3-5-18/h1-9,17H,10-14H2. The van der Waals surface area contributed by atoms with Crippen molar-refractivity contribution in [3.8, 4) is 0 Å². The average Bonchev–Trinajstić information content (AvgIpc) is 3.03. The summed E-state index contributed by atoms with van der Waals surface area (Å²) in [7, 11) is 0. The number of urea groups is 1. The van der Waals surface area contributed by atoms with E-state index >= 15 is 0 Å². The summed E-state index contributed by atoms with van der Waals surface area (Å²) < 4.78 is 0. The van der Waals surface area contributed by atoms with E-state index in [9.17, 15) is 14.4 Å². The van der Waals surface area contributed by atoms with Crippen molar-refractivity contribution in [2.45, 2.75) is 18.9 Å². The molecule has 0 bridgehead atoms. The molecule has 7 heteroatoms. The smallest absolute Gasteiger partial charge is 0.332 e. The number of para-hydroxylation sites is 1. The van der Waals surface area contributed by atoms with Crippen molar-refractivity contribution in [3.05, 3.63) is 65.2 Å². The molecule has 28 heavy (non-hydrogen) atoms. The number of likely N-dealkylation sites (tertiary alicyclic amines) is 1. The zero-order valence-corrected chi connectivity index (χ0v) is 16.0. The summed E-state index contributed by atoms with van der Waals surface area (Å²) in [6.07, 6.45) is 1.31. The van der Waals surface area contributed by atoms with Crippen molar-refractivity contribution in [2.24, 2.45) is 0 Å². The van der Waals surface area contributed by atoms with Crippen LogP contribution in [-0.2, 0) is 4.79 Å². The van der Waals surface area contributed by atoms with Gasteiger partial charge in [-0.05, 0) is 49.2 Å². The van der Waals surface area contributed by atoms with Gasteiger partial charge in [0.05, 0.1) is 5.69 Å². The molecule has 4 rings (SSSR count). The molecule has 2 aliphatic rings. The lowest BCUT2D eigenvalue weighted by Crippen LogP contribution is -2.48. The van der Waals surface area contributed by atoms with Crippen LogP contribution < -0.4 is 4.90 Å². The van der Waals surface area contributed by atoms with E-state index in [-0.39, 0.29) is 30.4 Å². The molecular formula is C21H20ClN3O3. The molecule has 0 unspecified atom stereocenters. The third kappa shape index (κ3) is 3.47. The van der Waals surface area contributed by atoms with Crippen molar-refractivity contribution in [1.82, 2.24) is 9.80 Å². The van der Waals surface area contributed by atoms with Gasteiger partial charge in [0.2, 0.25) is 0 Å². The lowest BCUT2D eigenvalue weighted by Gasteiger charge is -2.36. The van der Waals surface area contributed by atoms with Crippen molar-refractivity contribution in [2.75, 3.05) is 24.5 Å². The highest BCUT2D eigenvalue weighted by Gasteiger charge is 2.41. The second kappa shape index (κ2) is 7.64. The van der Waals surface area contributed by atoms with Crippen LogP contribution in [0.15, 0.2) is 54.6 Å². The van der Waals surface area contributed by atoms with Gasteiger partial charge in [-0.1, -0.05) is 29.8 Å². The third-order valence-electron chi connectivity index (χ3n) is 5.29. The summed E-state index contributed by atoms with van der Waals surface area (Å²) in [6, 6.07) is 15.5. The van der Waals surface area contributed by atoms with Gasteiger partial charge in [-0.2, -0.15) is 0 Å². The van der Waals surface area contributed by atoms with E-state index in [2.05, 4.69) is 0 Å². The molecule has 2 heterocycles. The summed E-state index contributed by atoms with van der Waals surface area (Å²) in [5, 5.41) is 0.593. The Kier molecular flexibility index (Phi) is 5.05. The van der Waals surface area contributed by atoms with E-state index in [0.29, 0.717) is 42.2 Å². The highest BCUT2D eigenvalue weighted by molar-refractivity contribution is 6.30. The minimum Gasteiger partial charge on any atom is -0.338 e. The Hall–Kier alpha value is -2.86. The van der Waals surface area contributed by atoms with Gasteiger partial charge in [-0.3, -0.25) is 9.59 Å². The van der Waals surface area contributed by atoms with Crippen molar-refractivity contribution in [1.29, 1.82) is 0 Å². The summed E-state index contributed by atoms with van der Waals surface area (Å²) in [5.74, 6) is -0.249. The van der Waals surface area contributed by atoms with Gasteiger partial charge in [0, 0.05) is 29.7 Å². The summed E-state index contributed by atoms with van der Waals surface area (Å²) in [4.78, 5) is 42.5. The molecule has 2 aromatic rings. The molecule has 2 saturated heterocycles. The second-order valence-corrected chi connectivity index (χ2v) is 7.44. The number of anilines is 1. The first-order chi connectivity index (χ1) is 13.5. The number of rotatable bonds is 3. The molecule has 4 amide bonds. The third-order valence-corrected chi connectivity index (χ3v) is 5.54. The maximum Gasteiger partial charge on any atom is 0.332 e. The van der Waals surface area contributed by atoms with Crippen LogP contribution in [0.4, 0.5) is 10.5 Å². The summed E-state index contributed by atoms with van der Waals surface area (Å²) >= 11 is 5.88. The SMILES string of the molecule is O=C(c1ccc(Cl)cc1)N1CCC(N2CC(=O)N(c3ccccc3)C2=O)CC1. The fraction of sp³-hybridized carbons (Fsp3) is 0.286. The Morgan fingerprint density at radius 2 is 1.57 bits per heavy atom. The minimum absolute atomic E-state index is 0.0372. The number of nitrogens with zero attached hydrogens (tertiary/aromatic N) is 3. The first kappa shape index (κ1) is 18.5. The Bertz CT molecular complexity index is 893. The predicted molar refractivity (Wildman–Crippen MR) is 106 cm³/mol. The first-order valence-electron chi connectivity index (χ1n) is 9.28. The lowest BCUT2D eigenvalue weighted by atomic mass is 10.0. The van der Waals surface area contributed by atoms with E-state index in [1.54, 1.807) is 58.3 Å². The topological polar surface area (TPSA) is 60.9 Å². The van der Waals surface area contributed by atoms with Crippen molar-refractivity contribution < 1.29 is 14.4 Å². The molecule has 0 aliphatic carbocycles. The molecule has 0 radical (unpaired) electrons. The molecule has 144 valence electrons. The summed E-state index contributed by atoms with van der Waals surface area (Å²) in [5.41, 5.74) is 1.20. The monoisotopic (exact) mass is 397 g/mol. The lowest BCUT2D eigenvalue weighted by molar-refractivity contribution is -0.116. The van der Waals surface area contributed by atoms with Crippen LogP contribution in [0.1, 0.15) is 23.2 Å². The number of piperidine rings is 1. The van der Waals surface area contributed by atoms with E-state index in [1.165, 1.54) is 4.90 Å². The number of hydrogen-bond acceptors (Lipinski definition) is 3.